The number of aromatic nitrogens is 4. The quantitative estimate of drug-likeness (QED) is 0.192. The maximum atomic E-state index is 11.8. The number of carbonyl (C=O) groups is 1. The van der Waals surface area contributed by atoms with Gasteiger partial charge in [-0.15, -0.1) is 10.2 Å². The SMILES string of the molecule is CC(=O)N1CCc2[nH]nc(N3CCCc4cc(C#N)c(C)cc43)c2C1.Cc1cc(N2CCC3(CCN(c4ccc(OC5CCN(CC6CCCCC6)CC5)nn4)CC3)C2)ccc1C#N. The number of nitrogens with zero attached hydrogens (tertiary/aromatic N) is 10. The predicted molar refractivity (Wildman–Crippen MR) is 250 cm³/mol. The predicted octanol–water partition coefficient (Wildman–Crippen LogP) is 8.16. The topological polar surface area (TPSA) is 145 Å². The van der Waals surface area contributed by atoms with Gasteiger partial charge in [0.15, 0.2) is 11.6 Å². The van der Waals surface area contributed by atoms with Crippen LogP contribution >= 0.6 is 0 Å². The summed E-state index contributed by atoms with van der Waals surface area (Å²) in [6.45, 7) is 15.7. The number of piperidine rings is 2. The van der Waals surface area contributed by atoms with Gasteiger partial charge in [-0.3, -0.25) is 9.89 Å². The van der Waals surface area contributed by atoms with E-state index in [9.17, 15) is 15.3 Å². The summed E-state index contributed by atoms with van der Waals surface area (Å²) in [4.78, 5) is 23.5. The third-order valence-electron chi connectivity index (χ3n) is 15.2. The second-order valence-electron chi connectivity index (χ2n) is 19.5. The van der Waals surface area contributed by atoms with Gasteiger partial charge in [0.2, 0.25) is 11.8 Å². The molecule has 13 heteroatoms. The van der Waals surface area contributed by atoms with Crippen molar-refractivity contribution < 1.29 is 9.53 Å². The normalized spacial score (nSPS) is 20.2. The summed E-state index contributed by atoms with van der Waals surface area (Å²) < 4.78 is 6.25. The highest BCUT2D eigenvalue weighted by molar-refractivity contribution is 5.75. The number of nitrogens with one attached hydrogen (secondary N) is 1. The first-order valence-electron chi connectivity index (χ1n) is 24.0. The molecule has 7 heterocycles. The molecule has 5 aliphatic heterocycles. The molecule has 1 saturated carbocycles. The van der Waals surface area contributed by atoms with Crippen LogP contribution in [0.4, 0.5) is 23.0 Å². The van der Waals surface area contributed by atoms with Crippen molar-refractivity contribution in [3.05, 3.63) is 81.5 Å². The molecule has 1 aliphatic carbocycles. The molecule has 0 bridgehead atoms. The lowest BCUT2D eigenvalue weighted by molar-refractivity contribution is -0.129. The van der Waals surface area contributed by atoms with Crippen molar-refractivity contribution >= 4 is 28.9 Å². The van der Waals surface area contributed by atoms with E-state index in [0.29, 0.717) is 17.8 Å². The van der Waals surface area contributed by atoms with Gasteiger partial charge in [-0.25, -0.2) is 0 Å². The van der Waals surface area contributed by atoms with Crippen LogP contribution in [-0.2, 0) is 24.2 Å². The molecule has 4 aromatic rings. The molecule has 1 spiro atoms. The Kier molecular flexibility index (Phi) is 13.1. The van der Waals surface area contributed by atoms with Gasteiger partial charge in [-0.05, 0) is 136 Å². The number of anilines is 4. The molecule has 2 aromatic heterocycles. The summed E-state index contributed by atoms with van der Waals surface area (Å²) in [6.07, 6.45) is 16.0. The number of benzene rings is 2. The van der Waals surface area contributed by atoms with Gasteiger partial charge >= 0.3 is 0 Å². The molecule has 10 rings (SSSR count). The van der Waals surface area contributed by atoms with E-state index in [1.807, 2.05) is 36.9 Å². The summed E-state index contributed by atoms with van der Waals surface area (Å²) in [6, 6.07) is 19.0. The third kappa shape index (κ3) is 9.56. The van der Waals surface area contributed by atoms with Crippen LogP contribution in [-0.4, -0.2) is 101 Å². The molecule has 64 heavy (non-hydrogen) atoms. The Labute approximate surface area is 379 Å². The maximum absolute atomic E-state index is 11.8. The van der Waals surface area contributed by atoms with Gasteiger partial charge in [0.25, 0.3) is 0 Å². The highest BCUT2D eigenvalue weighted by Gasteiger charge is 2.41. The summed E-state index contributed by atoms with van der Waals surface area (Å²) in [5.74, 6) is 3.58. The van der Waals surface area contributed by atoms with Crippen LogP contribution in [0.25, 0.3) is 0 Å². The number of ether oxygens (including phenoxy) is 1. The number of rotatable bonds is 7. The fourth-order valence-corrected chi connectivity index (χ4v) is 11.3. The number of fused-ring (bicyclic) bond motifs is 2. The van der Waals surface area contributed by atoms with Crippen molar-refractivity contribution in [2.24, 2.45) is 11.3 Å². The Balaban J connectivity index is 0.000000178. The van der Waals surface area contributed by atoms with Gasteiger partial charge in [0, 0.05) is 101 Å². The second kappa shape index (κ2) is 19.2. The minimum Gasteiger partial charge on any atom is -0.473 e. The van der Waals surface area contributed by atoms with Crippen LogP contribution < -0.4 is 19.4 Å². The first kappa shape index (κ1) is 43.6. The van der Waals surface area contributed by atoms with Crippen LogP contribution in [0.5, 0.6) is 5.88 Å². The maximum Gasteiger partial charge on any atom is 0.233 e. The van der Waals surface area contributed by atoms with Crippen molar-refractivity contribution in [1.82, 2.24) is 30.2 Å². The van der Waals surface area contributed by atoms with Crippen molar-refractivity contribution in [1.29, 1.82) is 10.5 Å². The lowest BCUT2D eigenvalue weighted by atomic mass is 9.78. The Hall–Kier alpha value is -5.66. The zero-order valence-corrected chi connectivity index (χ0v) is 38.2. The van der Waals surface area contributed by atoms with E-state index in [4.69, 9.17) is 4.74 Å². The van der Waals surface area contributed by atoms with Crippen molar-refractivity contribution in [3.8, 4) is 18.0 Å². The summed E-state index contributed by atoms with van der Waals surface area (Å²) in [5.41, 5.74) is 9.78. The summed E-state index contributed by atoms with van der Waals surface area (Å²) in [7, 11) is 0. The summed E-state index contributed by atoms with van der Waals surface area (Å²) >= 11 is 0. The molecular weight excluding hydrogens is 799 g/mol. The van der Waals surface area contributed by atoms with Crippen LogP contribution in [0.3, 0.4) is 0 Å². The number of nitriles is 2. The van der Waals surface area contributed by atoms with Gasteiger partial charge < -0.3 is 29.2 Å². The Bertz CT molecular complexity index is 2360. The molecule has 0 atom stereocenters. The fourth-order valence-electron chi connectivity index (χ4n) is 11.3. The Morgan fingerprint density at radius 2 is 1.56 bits per heavy atom. The van der Waals surface area contributed by atoms with E-state index in [1.165, 1.54) is 69.2 Å². The zero-order chi connectivity index (χ0) is 44.2. The van der Waals surface area contributed by atoms with E-state index < -0.39 is 0 Å². The van der Waals surface area contributed by atoms with Gasteiger partial charge in [0.05, 0.1) is 29.8 Å². The average Bonchev–Trinajstić information content (AvgIpc) is 3.94. The third-order valence-corrected chi connectivity index (χ3v) is 15.2. The van der Waals surface area contributed by atoms with E-state index in [2.05, 4.69) is 76.4 Å². The number of H-pyrrole nitrogens is 1. The average molecular weight is 864 g/mol. The van der Waals surface area contributed by atoms with Crippen LogP contribution in [0.2, 0.25) is 0 Å². The number of aryl methyl sites for hydroxylation is 3. The van der Waals surface area contributed by atoms with E-state index in [0.717, 1.165) is 141 Å². The van der Waals surface area contributed by atoms with Gasteiger partial charge in [0.1, 0.15) is 6.10 Å². The van der Waals surface area contributed by atoms with Gasteiger partial charge in [-0.1, -0.05) is 19.3 Å². The van der Waals surface area contributed by atoms with E-state index >= 15 is 0 Å². The molecule has 0 radical (unpaired) electrons. The molecule has 1 N–H and O–H groups in total. The zero-order valence-electron chi connectivity index (χ0n) is 38.2. The van der Waals surface area contributed by atoms with E-state index in [-0.39, 0.29) is 12.0 Å². The standard InChI is InChI=1S/C32H44N6O.C19H21N5O/c1-25-21-28(8-7-27(25)22-33)38-20-15-32(24-38)13-18-37(19-14-32)30-9-10-31(35-34-30)39-29-11-16-36(17-12-29)23-26-5-3-2-4-6-26;1-12-8-18-14(9-15(12)10-20)4-3-6-24(18)19-16-11-23(13(2)25)7-5-17(16)21-22-19/h7-10,21,26,29H,2-6,11-20,23-24H2,1H3;8-9H,3-7,11H2,1-2H3,(H,21,22). The Morgan fingerprint density at radius 3 is 2.27 bits per heavy atom. The molecule has 1 amide bonds. The molecule has 4 fully saturated rings. The second-order valence-corrected chi connectivity index (χ2v) is 19.5. The Morgan fingerprint density at radius 1 is 0.812 bits per heavy atom. The van der Waals surface area contributed by atoms with Crippen molar-refractivity contribution in [2.75, 3.05) is 73.6 Å². The first-order valence-corrected chi connectivity index (χ1v) is 24.0. The lowest BCUT2D eigenvalue weighted by Crippen LogP contribution is -2.42. The van der Waals surface area contributed by atoms with Crippen molar-refractivity contribution in [3.63, 3.8) is 0 Å². The number of amides is 1. The lowest BCUT2D eigenvalue weighted by Gasteiger charge is -2.39. The highest BCUT2D eigenvalue weighted by atomic mass is 16.5. The summed E-state index contributed by atoms with van der Waals surface area (Å²) in [5, 5.41) is 35.3. The number of aromatic amines is 1. The minimum atomic E-state index is 0.103. The number of likely N-dealkylation sites (tertiary alicyclic amines) is 1. The number of hydrogen-bond donors (Lipinski definition) is 1. The fraction of sp³-hybridized carbons (Fsp3) is 0.569. The van der Waals surface area contributed by atoms with E-state index in [1.54, 1.807) is 6.92 Å². The molecule has 3 saturated heterocycles. The monoisotopic (exact) mass is 864 g/mol. The van der Waals surface area contributed by atoms with Gasteiger partial charge in [-0.2, -0.15) is 15.6 Å². The molecular formula is C51H65N11O2. The highest BCUT2D eigenvalue weighted by Crippen LogP contribution is 2.43. The molecule has 336 valence electrons. The largest absolute Gasteiger partial charge is 0.473 e. The van der Waals surface area contributed by atoms with Crippen molar-refractivity contribution in [2.45, 2.75) is 117 Å². The minimum absolute atomic E-state index is 0.103. The number of hydrogen-bond acceptors (Lipinski definition) is 11. The van der Waals surface area contributed by atoms with Crippen LogP contribution in [0, 0.1) is 47.8 Å². The first-order chi connectivity index (χ1) is 31.2. The van der Waals surface area contributed by atoms with Crippen LogP contribution in [0.1, 0.15) is 117 Å². The molecule has 6 aliphatic rings. The molecule has 0 unspecified atom stereocenters. The smallest absolute Gasteiger partial charge is 0.233 e. The molecule has 2 aromatic carbocycles. The van der Waals surface area contributed by atoms with Crippen LogP contribution in [0.15, 0.2) is 42.5 Å². The number of carbonyl (C=O) groups excluding carboxylic acids is 1. The molecule has 13 nitrogen and oxygen atoms in total.